The van der Waals surface area contributed by atoms with Gasteiger partial charge >= 0.3 is 0 Å². The average Bonchev–Trinajstić information content (AvgIpc) is 2.88. The lowest BCUT2D eigenvalue weighted by Crippen LogP contribution is -1.84. The van der Waals surface area contributed by atoms with Gasteiger partial charge < -0.3 is 4.42 Å². The molecule has 3 nitrogen and oxygen atoms in total. The standard InChI is InChI=1S/C14H8ClFN2O/c15-10-5-9(6-11(16)7-10)14-18-13(8-19-14)12-3-1-2-4-17-12/h1-8H. The van der Waals surface area contributed by atoms with Crippen molar-refractivity contribution in [1.82, 2.24) is 9.97 Å². The van der Waals surface area contributed by atoms with E-state index in [9.17, 15) is 4.39 Å². The molecule has 0 atom stereocenters. The van der Waals surface area contributed by atoms with Crippen LogP contribution in [0.5, 0.6) is 0 Å². The molecule has 0 bridgehead atoms. The van der Waals surface area contributed by atoms with Crippen LogP contribution in [0, 0.1) is 5.82 Å². The first-order chi connectivity index (χ1) is 9.22. The molecule has 0 amide bonds. The summed E-state index contributed by atoms with van der Waals surface area (Å²) in [5.41, 5.74) is 1.78. The summed E-state index contributed by atoms with van der Waals surface area (Å²) in [6.07, 6.45) is 3.15. The third-order valence-electron chi connectivity index (χ3n) is 2.54. The van der Waals surface area contributed by atoms with Crippen LogP contribution in [0.1, 0.15) is 0 Å². The Labute approximate surface area is 113 Å². The van der Waals surface area contributed by atoms with Gasteiger partial charge in [0.05, 0.1) is 5.69 Å². The first-order valence-electron chi connectivity index (χ1n) is 5.56. The quantitative estimate of drug-likeness (QED) is 0.703. The summed E-state index contributed by atoms with van der Waals surface area (Å²) in [5, 5.41) is 0.299. The number of hydrogen-bond donors (Lipinski definition) is 0. The molecule has 0 aliphatic rings. The zero-order valence-electron chi connectivity index (χ0n) is 9.68. The van der Waals surface area contributed by atoms with E-state index in [1.807, 2.05) is 18.2 Å². The lowest BCUT2D eigenvalue weighted by molar-refractivity contribution is 0.572. The molecule has 0 saturated heterocycles. The van der Waals surface area contributed by atoms with Crippen molar-refractivity contribution in [2.24, 2.45) is 0 Å². The van der Waals surface area contributed by atoms with Crippen molar-refractivity contribution >= 4 is 11.6 Å². The number of aromatic nitrogens is 2. The Morgan fingerprint density at radius 2 is 2.00 bits per heavy atom. The van der Waals surface area contributed by atoms with Crippen LogP contribution < -0.4 is 0 Å². The van der Waals surface area contributed by atoms with E-state index in [4.69, 9.17) is 16.0 Å². The van der Waals surface area contributed by atoms with Crippen molar-refractivity contribution in [2.45, 2.75) is 0 Å². The minimum Gasteiger partial charge on any atom is -0.444 e. The van der Waals surface area contributed by atoms with Crippen molar-refractivity contribution in [1.29, 1.82) is 0 Å². The molecule has 2 heterocycles. The van der Waals surface area contributed by atoms with E-state index < -0.39 is 5.82 Å². The highest BCUT2D eigenvalue weighted by Gasteiger charge is 2.10. The molecule has 0 N–H and O–H groups in total. The van der Waals surface area contributed by atoms with Gasteiger partial charge in [0.1, 0.15) is 17.8 Å². The van der Waals surface area contributed by atoms with Crippen LogP contribution in [0.15, 0.2) is 53.3 Å². The fourth-order valence-electron chi connectivity index (χ4n) is 1.72. The van der Waals surface area contributed by atoms with Crippen LogP contribution in [-0.2, 0) is 0 Å². The van der Waals surface area contributed by atoms with Crippen LogP contribution in [0.25, 0.3) is 22.8 Å². The van der Waals surface area contributed by atoms with Crippen molar-refractivity contribution in [2.75, 3.05) is 0 Å². The average molecular weight is 275 g/mol. The summed E-state index contributed by atoms with van der Waals surface area (Å²) in [5.74, 6) is -0.123. The maximum Gasteiger partial charge on any atom is 0.226 e. The third-order valence-corrected chi connectivity index (χ3v) is 2.76. The Morgan fingerprint density at radius 3 is 2.74 bits per heavy atom. The Hall–Kier alpha value is -2.20. The zero-order chi connectivity index (χ0) is 13.2. The van der Waals surface area contributed by atoms with E-state index in [1.165, 1.54) is 18.4 Å². The topological polar surface area (TPSA) is 38.9 Å². The van der Waals surface area contributed by atoms with Crippen LogP contribution in [-0.4, -0.2) is 9.97 Å². The van der Waals surface area contributed by atoms with Crippen LogP contribution >= 0.6 is 11.6 Å². The van der Waals surface area contributed by atoms with Crippen LogP contribution in [0.2, 0.25) is 5.02 Å². The lowest BCUT2D eigenvalue weighted by Gasteiger charge is -1.97. The molecule has 3 aromatic rings. The van der Waals surface area contributed by atoms with E-state index >= 15 is 0 Å². The van der Waals surface area contributed by atoms with Gasteiger partial charge in [0.15, 0.2) is 0 Å². The molecule has 1 aromatic carbocycles. The van der Waals surface area contributed by atoms with Gasteiger partial charge in [-0.2, -0.15) is 0 Å². The highest BCUT2D eigenvalue weighted by Crippen LogP contribution is 2.26. The van der Waals surface area contributed by atoms with Crippen LogP contribution in [0.3, 0.4) is 0 Å². The summed E-state index contributed by atoms with van der Waals surface area (Å²) in [4.78, 5) is 8.45. The molecule has 0 aliphatic carbocycles. The van der Waals surface area contributed by atoms with Gasteiger partial charge in [-0.05, 0) is 30.3 Å². The minimum atomic E-state index is -0.430. The van der Waals surface area contributed by atoms with Crippen LogP contribution in [0.4, 0.5) is 4.39 Å². The van der Waals surface area contributed by atoms with E-state index in [2.05, 4.69) is 9.97 Å². The predicted molar refractivity (Wildman–Crippen MR) is 70.1 cm³/mol. The second kappa shape index (κ2) is 4.82. The van der Waals surface area contributed by atoms with Crippen molar-refractivity contribution in [3.8, 4) is 22.8 Å². The molecule has 0 unspecified atom stereocenters. The summed E-state index contributed by atoms with van der Waals surface area (Å²) in [6, 6.07) is 9.64. The lowest BCUT2D eigenvalue weighted by atomic mass is 10.2. The number of rotatable bonds is 2. The first-order valence-corrected chi connectivity index (χ1v) is 5.93. The Kier molecular flexibility index (Phi) is 3.01. The fraction of sp³-hybridized carbons (Fsp3) is 0. The molecule has 0 aliphatic heterocycles. The maximum atomic E-state index is 13.3. The number of halogens is 2. The van der Waals surface area contributed by atoms with E-state index in [0.717, 1.165) is 0 Å². The van der Waals surface area contributed by atoms with E-state index in [1.54, 1.807) is 12.3 Å². The highest BCUT2D eigenvalue weighted by molar-refractivity contribution is 6.30. The van der Waals surface area contributed by atoms with Crippen molar-refractivity contribution < 1.29 is 8.81 Å². The second-order valence-corrected chi connectivity index (χ2v) is 4.35. The Balaban J connectivity index is 2.02. The van der Waals surface area contributed by atoms with Gasteiger partial charge in [0, 0.05) is 16.8 Å². The summed E-state index contributed by atoms with van der Waals surface area (Å²) >= 11 is 5.80. The molecule has 5 heteroatoms. The number of nitrogens with zero attached hydrogens (tertiary/aromatic N) is 2. The van der Waals surface area contributed by atoms with Gasteiger partial charge in [0.25, 0.3) is 0 Å². The molecule has 19 heavy (non-hydrogen) atoms. The predicted octanol–water partition coefficient (Wildman–Crippen LogP) is 4.20. The smallest absolute Gasteiger partial charge is 0.226 e. The van der Waals surface area contributed by atoms with Gasteiger partial charge in [-0.15, -0.1) is 0 Å². The Morgan fingerprint density at radius 1 is 1.11 bits per heavy atom. The zero-order valence-corrected chi connectivity index (χ0v) is 10.4. The molecule has 2 aromatic heterocycles. The molecular formula is C14H8ClFN2O. The molecule has 3 rings (SSSR count). The van der Waals surface area contributed by atoms with Gasteiger partial charge in [-0.25, -0.2) is 9.37 Å². The summed E-state index contributed by atoms with van der Waals surface area (Å²) < 4.78 is 18.6. The molecule has 94 valence electrons. The minimum absolute atomic E-state index is 0.299. The molecule has 0 saturated carbocycles. The number of pyridine rings is 1. The SMILES string of the molecule is Fc1cc(Cl)cc(-c2nc(-c3ccccn3)co2)c1. The number of benzene rings is 1. The molecule has 0 spiro atoms. The highest BCUT2D eigenvalue weighted by atomic mass is 35.5. The largest absolute Gasteiger partial charge is 0.444 e. The normalized spacial score (nSPS) is 10.6. The van der Waals surface area contributed by atoms with E-state index in [0.29, 0.717) is 27.9 Å². The number of oxazole rings is 1. The molecule has 0 fully saturated rings. The van der Waals surface area contributed by atoms with Gasteiger partial charge in [0.2, 0.25) is 5.89 Å². The summed E-state index contributed by atoms with van der Waals surface area (Å²) in [6.45, 7) is 0. The monoisotopic (exact) mass is 274 g/mol. The summed E-state index contributed by atoms with van der Waals surface area (Å²) in [7, 11) is 0. The number of hydrogen-bond acceptors (Lipinski definition) is 3. The van der Waals surface area contributed by atoms with Gasteiger partial charge in [-0.3, -0.25) is 4.98 Å². The van der Waals surface area contributed by atoms with Crippen molar-refractivity contribution in [3.63, 3.8) is 0 Å². The molecular weight excluding hydrogens is 267 g/mol. The third kappa shape index (κ3) is 2.48. The van der Waals surface area contributed by atoms with Gasteiger partial charge in [-0.1, -0.05) is 17.7 Å². The second-order valence-electron chi connectivity index (χ2n) is 3.91. The Bertz CT molecular complexity index is 692. The maximum absolute atomic E-state index is 13.3. The first kappa shape index (κ1) is 11.9. The molecule has 0 radical (unpaired) electrons. The van der Waals surface area contributed by atoms with E-state index in [-0.39, 0.29) is 0 Å². The van der Waals surface area contributed by atoms with Crippen molar-refractivity contribution in [3.05, 3.63) is 59.7 Å². The fourth-order valence-corrected chi connectivity index (χ4v) is 1.94.